The van der Waals surface area contributed by atoms with Gasteiger partial charge in [0.2, 0.25) is 0 Å². The average Bonchev–Trinajstić information content (AvgIpc) is 2.91. The van der Waals surface area contributed by atoms with Crippen molar-refractivity contribution in [1.29, 1.82) is 0 Å². The smallest absolute Gasteiger partial charge is 0.464 e. The molecule has 0 radical (unpaired) electrons. The van der Waals surface area contributed by atoms with Crippen LogP contribution >= 0.6 is 15.6 Å². The molecule has 0 aromatic rings. The molecule has 6 aliphatic heterocycles. The highest BCUT2D eigenvalue weighted by atomic mass is 31.2. The number of rotatable bonds is 13. The Hall–Kier alpha value is -0.880. The fourth-order valence-corrected chi connectivity index (χ4v) is 10.1. The molecule has 248 valence electrons. The van der Waals surface area contributed by atoms with Crippen LogP contribution in [0.5, 0.6) is 0 Å². The van der Waals surface area contributed by atoms with Crippen molar-refractivity contribution >= 4 is 27.6 Å². The largest absolute Gasteiger partial charge is 0.474 e. The molecule has 6 fully saturated rings. The van der Waals surface area contributed by atoms with Gasteiger partial charge in [-0.25, -0.2) is 9.13 Å². The van der Waals surface area contributed by atoms with Crippen LogP contribution in [0, 0.1) is 21.7 Å². The number of carbonyl (C=O) groups is 2. The van der Waals surface area contributed by atoms with E-state index in [1.165, 1.54) is 0 Å². The van der Waals surface area contributed by atoms with E-state index in [2.05, 4.69) is 39.5 Å². The molecule has 0 spiro atoms. The molecule has 0 aliphatic carbocycles. The Balaban J connectivity index is 1.35. The summed E-state index contributed by atoms with van der Waals surface area (Å²) in [6.07, 6.45) is 0.970. The van der Waals surface area contributed by atoms with Gasteiger partial charge in [-0.05, 0) is 74.8 Å². The monoisotopic (exact) mass is 653 g/mol. The Bertz CT molecular complexity index is 1030. The second-order valence-electron chi connectivity index (χ2n) is 15.2. The zero-order valence-electron chi connectivity index (χ0n) is 27.0. The number of hydrogen-bond acceptors (Lipinski definition) is 13. The molecule has 43 heavy (non-hydrogen) atoms. The molecule has 0 amide bonds. The standard InChI is InChI=1S/C28H49NO12P2/c1-10-29(25(6,7)11-23(2,3)21(30)34-13-27-15-36-42(32,37-16-27)38-17-27)26(8,9)12-24(4,5)22(31)35-14-28-18-39-43(33,40-19-28)41-20-28/h10-20H2,1-9H3. The van der Waals surface area contributed by atoms with Gasteiger partial charge in [0, 0.05) is 11.1 Å². The van der Waals surface area contributed by atoms with Crippen LogP contribution in [0.2, 0.25) is 0 Å². The minimum Gasteiger partial charge on any atom is -0.464 e. The van der Waals surface area contributed by atoms with E-state index in [0.717, 1.165) is 0 Å². The summed E-state index contributed by atoms with van der Waals surface area (Å²) in [4.78, 5) is 29.0. The van der Waals surface area contributed by atoms with E-state index in [1.54, 1.807) is 0 Å². The molecule has 6 saturated heterocycles. The predicted octanol–water partition coefficient (Wildman–Crippen LogP) is 5.13. The predicted molar refractivity (Wildman–Crippen MR) is 155 cm³/mol. The van der Waals surface area contributed by atoms with E-state index < -0.39 is 48.4 Å². The Morgan fingerprint density at radius 2 is 0.907 bits per heavy atom. The SMILES string of the molecule is CCN(C(C)(C)CC(C)(C)C(=O)OCC12COP(=O)(OC1)OC2)C(C)(C)CC(C)(C)C(=O)OCC12COP(=O)(OC1)OC2. The van der Waals surface area contributed by atoms with Crippen LogP contribution < -0.4 is 0 Å². The van der Waals surface area contributed by atoms with Crippen LogP contribution in [0.4, 0.5) is 0 Å². The lowest BCUT2D eigenvalue weighted by atomic mass is 9.74. The lowest BCUT2D eigenvalue weighted by Crippen LogP contribution is -2.59. The van der Waals surface area contributed by atoms with Crippen LogP contribution in [-0.4, -0.2) is 87.3 Å². The molecule has 13 nitrogen and oxygen atoms in total. The molecule has 0 saturated carbocycles. The normalized spacial score (nSPS) is 33.1. The van der Waals surface area contributed by atoms with Crippen molar-refractivity contribution in [2.75, 3.05) is 59.4 Å². The maximum Gasteiger partial charge on any atom is 0.474 e. The van der Waals surface area contributed by atoms with Crippen LogP contribution in [0.25, 0.3) is 0 Å². The molecule has 6 rings (SSSR count). The molecule has 15 heteroatoms. The third-order valence-electron chi connectivity index (χ3n) is 8.82. The van der Waals surface area contributed by atoms with Crippen LogP contribution in [-0.2, 0) is 55.3 Å². The highest BCUT2D eigenvalue weighted by molar-refractivity contribution is 7.48. The molecule has 0 atom stereocenters. The van der Waals surface area contributed by atoms with Gasteiger partial charge in [0.05, 0.1) is 61.3 Å². The van der Waals surface area contributed by atoms with E-state index >= 15 is 0 Å². The minimum atomic E-state index is -3.45. The van der Waals surface area contributed by atoms with Crippen LogP contribution in [0.3, 0.4) is 0 Å². The quantitative estimate of drug-likeness (QED) is 0.191. The van der Waals surface area contributed by atoms with Gasteiger partial charge in [-0.15, -0.1) is 0 Å². The van der Waals surface area contributed by atoms with Crippen molar-refractivity contribution in [3.63, 3.8) is 0 Å². The van der Waals surface area contributed by atoms with E-state index in [0.29, 0.717) is 19.4 Å². The maximum absolute atomic E-state index is 13.4. The lowest BCUT2D eigenvalue weighted by molar-refractivity contribution is -0.172. The third kappa shape index (κ3) is 7.58. The number of fused-ring (bicyclic) bond motifs is 6. The van der Waals surface area contributed by atoms with Gasteiger partial charge in [-0.1, -0.05) is 6.92 Å². The number of phosphoric ester groups is 2. The van der Waals surface area contributed by atoms with E-state index in [4.69, 9.17) is 36.6 Å². The highest BCUT2D eigenvalue weighted by Gasteiger charge is 2.54. The molecule has 6 heterocycles. The maximum atomic E-state index is 13.4. The third-order valence-corrected chi connectivity index (χ3v) is 11.5. The van der Waals surface area contributed by atoms with Gasteiger partial charge < -0.3 is 9.47 Å². The zero-order chi connectivity index (χ0) is 32.2. The van der Waals surface area contributed by atoms with Crippen molar-refractivity contribution in [2.24, 2.45) is 21.7 Å². The molecule has 6 aliphatic rings. The minimum absolute atomic E-state index is 0.0416. The first-order valence-corrected chi connectivity index (χ1v) is 17.7. The first kappa shape index (κ1) is 35.0. The Morgan fingerprint density at radius 1 is 0.628 bits per heavy atom. The second kappa shape index (κ2) is 11.7. The number of nitrogens with zero attached hydrogens (tertiary/aromatic N) is 1. The topological polar surface area (TPSA) is 145 Å². The average molecular weight is 654 g/mol. The summed E-state index contributed by atoms with van der Waals surface area (Å²) >= 11 is 0. The van der Waals surface area contributed by atoms with Crippen molar-refractivity contribution < 1.29 is 55.3 Å². The van der Waals surface area contributed by atoms with Crippen LogP contribution in [0.1, 0.15) is 75.2 Å². The van der Waals surface area contributed by atoms with Gasteiger partial charge in [0.15, 0.2) is 0 Å². The molecular weight excluding hydrogens is 604 g/mol. The summed E-state index contributed by atoms with van der Waals surface area (Å²) in [6, 6.07) is 0. The van der Waals surface area contributed by atoms with Gasteiger partial charge in [-0.3, -0.25) is 41.6 Å². The summed E-state index contributed by atoms with van der Waals surface area (Å²) < 4.78 is 66.9. The molecule has 0 aromatic carbocycles. The van der Waals surface area contributed by atoms with Crippen molar-refractivity contribution in [3.05, 3.63) is 0 Å². The van der Waals surface area contributed by atoms with Gasteiger partial charge in [-0.2, -0.15) is 0 Å². The zero-order valence-corrected chi connectivity index (χ0v) is 28.8. The number of carbonyl (C=O) groups excluding carboxylic acids is 2. The first-order valence-electron chi connectivity index (χ1n) is 14.8. The Morgan fingerprint density at radius 3 is 1.16 bits per heavy atom. The molecule has 0 N–H and O–H groups in total. The molecule has 4 bridgehead atoms. The summed E-state index contributed by atoms with van der Waals surface area (Å²) in [6.45, 7) is 19.6. The van der Waals surface area contributed by atoms with Crippen molar-refractivity contribution in [3.8, 4) is 0 Å². The Kier molecular flexibility index (Phi) is 9.54. The fourth-order valence-electron chi connectivity index (χ4n) is 7.02. The first-order chi connectivity index (χ1) is 19.6. The van der Waals surface area contributed by atoms with Crippen LogP contribution in [0.15, 0.2) is 0 Å². The van der Waals surface area contributed by atoms with Gasteiger partial charge in [0.1, 0.15) is 13.2 Å². The molecular formula is C28H49NO12P2. The van der Waals surface area contributed by atoms with Gasteiger partial charge in [0.25, 0.3) is 0 Å². The number of esters is 2. The van der Waals surface area contributed by atoms with E-state index in [-0.39, 0.29) is 64.8 Å². The highest BCUT2D eigenvalue weighted by Crippen LogP contribution is 2.61. The number of hydrogen-bond donors (Lipinski definition) is 0. The summed E-state index contributed by atoms with van der Waals surface area (Å²) in [5.41, 5.74) is -3.94. The van der Waals surface area contributed by atoms with Crippen molar-refractivity contribution in [2.45, 2.75) is 86.2 Å². The summed E-state index contributed by atoms with van der Waals surface area (Å²) in [5, 5.41) is 0. The molecule has 0 aromatic heterocycles. The van der Waals surface area contributed by atoms with Gasteiger partial charge >= 0.3 is 27.6 Å². The second-order valence-corrected chi connectivity index (χ2v) is 18.5. The van der Waals surface area contributed by atoms with E-state index in [1.807, 2.05) is 27.7 Å². The number of ether oxygens (including phenoxy) is 2. The molecule has 0 unspecified atom stereocenters. The van der Waals surface area contributed by atoms with E-state index in [9.17, 15) is 18.7 Å². The Labute approximate surface area is 255 Å². The summed E-state index contributed by atoms with van der Waals surface area (Å²) in [5.74, 6) is -0.713. The number of phosphoric acid groups is 2. The summed E-state index contributed by atoms with van der Waals surface area (Å²) in [7, 11) is -6.89. The lowest BCUT2D eigenvalue weighted by Gasteiger charge is -2.52. The fraction of sp³-hybridized carbons (Fsp3) is 0.929. The van der Waals surface area contributed by atoms with Crippen molar-refractivity contribution in [1.82, 2.24) is 4.90 Å².